The Bertz CT molecular complexity index is 731. The molecule has 1 saturated heterocycles. The molecule has 0 aliphatic carbocycles. The monoisotopic (exact) mass is 327 g/mol. The minimum Gasteiger partial charge on any atom is -0.490 e. The quantitative estimate of drug-likeness (QED) is 0.797. The maximum absolute atomic E-state index is 12.2. The molecule has 0 radical (unpaired) electrons. The highest BCUT2D eigenvalue weighted by atomic mass is 16.5. The van der Waals surface area contributed by atoms with Crippen LogP contribution in [0.1, 0.15) is 11.3 Å². The third-order valence-electron chi connectivity index (χ3n) is 3.70. The van der Waals surface area contributed by atoms with Gasteiger partial charge >= 0.3 is 6.03 Å². The molecule has 2 heterocycles. The Kier molecular flexibility index (Phi) is 4.90. The highest BCUT2D eigenvalue weighted by Gasteiger charge is 2.17. The Hall–Kier alpha value is -2.67. The van der Waals surface area contributed by atoms with Crippen molar-refractivity contribution in [1.82, 2.24) is 14.9 Å². The van der Waals surface area contributed by atoms with Crippen LogP contribution in [0.15, 0.2) is 30.6 Å². The predicted molar refractivity (Wildman–Crippen MR) is 92.5 cm³/mol. The molecule has 1 aliphatic rings. The molecule has 2 aromatic rings. The van der Waals surface area contributed by atoms with Gasteiger partial charge in [-0.25, -0.2) is 9.78 Å². The number of carbonyl (C=O) groups is 1. The fraction of sp³-hybridized carbons (Fsp3) is 0.353. The Morgan fingerprint density at radius 3 is 2.75 bits per heavy atom. The van der Waals surface area contributed by atoms with Gasteiger partial charge < -0.3 is 10.1 Å². The van der Waals surface area contributed by atoms with E-state index in [1.165, 1.54) is 6.20 Å². The van der Waals surface area contributed by atoms with E-state index in [0.29, 0.717) is 29.6 Å². The van der Waals surface area contributed by atoms with Gasteiger partial charge in [-0.3, -0.25) is 15.2 Å². The van der Waals surface area contributed by atoms with Crippen molar-refractivity contribution in [3.05, 3.63) is 41.9 Å². The lowest BCUT2D eigenvalue weighted by Crippen LogP contribution is -2.21. The van der Waals surface area contributed by atoms with Crippen LogP contribution >= 0.6 is 0 Å². The van der Waals surface area contributed by atoms with Crippen LogP contribution in [0.4, 0.5) is 16.3 Å². The van der Waals surface area contributed by atoms with Crippen LogP contribution in [0, 0.1) is 13.8 Å². The smallest absolute Gasteiger partial charge is 0.325 e. The molecule has 2 amide bonds. The summed E-state index contributed by atoms with van der Waals surface area (Å²) in [6.07, 6.45) is 3.12. The number of hydrogen-bond acceptors (Lipinski definition) is 5. The molecule has 2 N–H and O–H groups in total. The lowest BCUT2D eigenvalue weighted by molar-refractivity contribution is 0.261. The Morgan fingerprint density at radius 1 is 1.21 bits per heavy atom. The van der Waals surface area contributed by atoms with Gasteiger partial charge in [0.25, 0.3) is 0 Å². The van der Waals surface area contributed by atoms with Crippen molar-refractivity contribution in [3.8, 4) is 5.75 Å². The van der Waals surface area contributed by atoms with Crippen LogP contribution < -0.4 is 15.4 Å². The van der Waals surface area contributed by atoms with E-state index in [4.69, 9.17) is 4.74 Å². The number of aryl methyl sites for hydroxylation is 2. The summed E-state index contributed by atoms with van der Waals surface area (Å²) >= 11 is 0. The van der Waals surface area contributed by atoms with Crippen molar-refractivity contribution in [3.63, 3.8) is 0 Å². The van der Waals surface area contributed by atoms with Gasteiger partial charge in [-0.1, -0.05) is 6.07 Å². The zero-order chi connectivity index (χ0) is 16.9. The van der Waals surface area contributed by atoms with Crippen LogP contribution in [0.3, 0.4) is 0 Å². The molecule has 1 aliphatic heterocycles. The summed E-state index contributed by atoms with van der Waals surface area (Å²) < 4.78 is 5.81. The van der Waals surface area contributed by atoms with Crippen molar-refractivity contribution in [2.24, 2.45) is 0 Å². The number of amides is 2. The normalized spacial score (nSPS) is 13.4. The molecule has 126 valence electrons. The van der Waals surface area contributed by atoms with Crippen LogP contribution in [0.2, 0.25) is 0 Å². The molecular formula is C17H21N5O2. The van der Waals surface area contributed by atoms with Gasteiger partial charge in [-0.15, -0.1) is 0 Å². The number of anilines is 2. The highest BCUT2D eigenvalue weighted by Crippen LogP contribution is 2.26. The van der Waals surface area contributed by atoms with Crippen molar-refractivity contribution in [2.45, 2.75) is 13.8 Å². The van der Waals surface area contributed by atoms with E-state index in [1.807, 2.05) is 25.1 Å². The number of nitrogens with zero attached hydrogens (tertiary/aromatic N) is 3. The summed E-state index contributed by atoms with van der Waals surface area (Å²) in [7, 11) is 0. The molecule has 7 nitrogen and oxygen atoms in total. The van der Waals surface area contributed by atoms with Gasteiger partial charge in [0.2, 0.25) is 0 Å². The largest absolute Gasteiger partial charge is 0.490 e. The van der Waals surface area contributed by atoms with E-state index in [9.17, 15) is 4.79 Å². The van der Waals surface area contributed by atoms with Crippen LogP contribution in [0.25, 0.3) is 0 Å². The number of aromatic nitrogens is 2. The van der Waals surface area contributed by atoms with E-state index in [-0.39, 0.29) is 6.03 Å². The topological polar surface area (TPSA) is 79.2 Å². The Morgan fingerprint density at radius 2 is 2.00 bits per heavy atom. The zero-order valence-corrected chi connectivity index (χ0v) is 13.9. The van der Waals surface area contributed by atoms with Crippen molar-refractivity contribution < 1.29 is 9.53 Å². The number of benzene rings is 1. The van der Waals surface area contributed by atoms with Gasteiger partial charge in [0.05, 0.1) is 11.4 Å². The van der Waals surface area contributed by atoms with Crippen LogP contribution in [-0.4, -0.2) is 47.1 Å². The van der Waals surface area contributed by atoms with E-state index < -0.39 is 0 Å². The second kappa shape index (κ2) is 7.27. The lowest BCUT2D eigenvalue weighted by Gasteiger charge is -2.14. The molecule has 1 aromatic carbocycles. The van der Waals surface area contributed by atoms with Gasteiger partial charge in [0, 0.05) is 32.0 Å². The fourth-order valence-electron chi connectivity index (χ4n) is 2.24. The minimum atomic E-state index is -0.375. The Balaban J connectivity index is 1.64. The molecule has 0 unspecified atom stereocenters. The maximum atomic E-state index is 12.2. The third-order valence-corrected chi connectivity index (χ3v) is 3.70. The van der Waals surface area contributed by atoms with Gasteiger partial charge in [0.15, 0.2) is 5.82 Å². The van der Waals surface area contributed by atoms with E-state index in [2.05, 4.69) is 25.5 Å². The molecule has 0 atom stereocenters. The first-order chi connectivity index (χ1) is 11.6. The average molecular weight is 327 g/mol. The van der Waals surface area contributed by atoms with E-state index >= 15 is 0 Å². The fourth-order valence-corrected chi connectivity index (χ4v) is 2.24. The first-order valence-corrected chi connectivity index (χ1v) is 7.93. The summed E-state index contributed by atoms with van der Waals surface area (Å²) in [6, 6.07) is 5.35. The summed E-state index contributed by atoms with van der Waals surface area (Å²) in [4.78, 5) is 22.7. The number of rotatable bonds is 6. The summed E-state index contributed by atoms with van der Waals surface area (Å²) in [6.45, 7) is 7.54. The predicted octanol–water partition coefficient (Wildman–Crippen LogP) is 2.43. The molecule has 24 heavy (non-hydrogen) atoms. The van der Waals surface area contributed by atoms with Gasteiger partial charge in [0.1, 0.15) is 12.4 Å². The van der Waals surface area contributed by atoms with Crippen molar-refractivity contribution in [1.29, 1.82) is 0 Å². The average Bonchev–Trinajstić information content (AvgIpc) is 3.36. The highest BCUT2D eigenvalue weighted by molar-refractivity contribution is 6.00. The molecule has 0 saturated carbocycles. The molecule has 0 bridgehead atoms. The van der Waals surface area contributed by atoms with Gasteiger partial charge in [-0.2, -0.15) is 0 Å². The second-order valence-electron chi connectivity index (χ2n) is 5.76. The lowest BCUT2D eigenvalue weighted by atomic mass is 10.2. The van der Waals surface area contributed by atoms with Crippen LogP contribution in [0.5, 0.6) is 5.75 Å². The summed E-state index contributed by atoms with van der Waals surface area (Å²) in [5.41, 5.74) is 2.34. The molecule has 3 rings (SSSR count). The molecule has 0 spiro atoms. The first-order valence-electron chi connectivity index (χ1n) is 7.93. The van der Waals surface area contributed by atoms with Gasteiger partial charge in [-0.05, 0) is 31.5 Å². The number of hydrogen-bond donors (Lipinski definition) is 2. The maximum Gasteiger partial charge on any atom is 0.325 e. The number of urea groups is 1. The first kappa shape index (κ1) is 16.2. The van der Waals surface area contributed by atoms with Crippen molar-refractivity contribution >= 4 is 17.5 Å². The summed E-state index contributed by atoms with van der Waals surface area (Å²) in [5, 5.41) is 5.53. The van der Waals surface area contributed by atoms with Crippen molar-refractivity contribution in [2.75, 3.05) is 36.9 Å². The van der Waals surface area contributed by atoms with E-state index in [1.54, 1.807) is 13.1 Å². The zero-order valence-electron chi connectivity index (χ0n) is 13.9. The SMILES string of the molecule is Cc1ccc(OCCN2CC2)c(NC(=O)Nc2nccnc2C)c1. The third kappa shape index (κ3) is 4.42. The molecular weight excluding hydrogens is 306 g/mol. The minimum absolute atomic E-state index is 0.375. The number of ether oxygens (including phenoxy) is 1. The number of nitrogens with one attached hydrogen (secondary N) is 2. The number of carbonyl (C=O) groups excluding carboxylic acids is 1. The van der Waals surface area contributed by atoms with Crippen LogP contribution in [-0.2, 0) is 0 Å². The molecule has 1 fully saturated rings. The van der Waals surface area contributed by atoms with E-state index in [0.717, 1.165) is 25.2 Å². The molecule has 7 heteroatoms. The molecule has 1 aromatic heterocycles. The summed E-state index contributed by atoms with van der Waals surface area (Å²) in [5.74, 6) is 1.10. The standard InChI is InChI=1S/C17H21N5O2/c1-12-3-4-15(24-10-9-22-7-8-22)14(11-12)20-17(23)21-16-13(2)18-5-6-19-16/h3-6,11H,7-10H2,1-2H3,(H2,19,20,21,23). The Labute approximate surface area is 141 Å². The second-order valence-corrected chi connectivity index (χ2v) is 5.76.